The van der Waals surface area contributed by atoms with E-state index >= 15 is 0 Å². The van der Waals surface area contributed by atoms with Gasteiger partial charge in [-0.25, -0.2) is 0 Å². The van der Waals surface area contributed by atoms with Crippen LogP contribution in [0.5, 0.6) is 5.75 Å². The van der Waals surface area contributed by atoms with Gasteiger partial charge in [0.05, 0.1) is 0 Å². The van der Waals surface area contributed by atoms with Crippen LogP contribution in [0.4, 0.5) is 5.69 Å². The maximum atomic E-state index is 12.6. The summed E-state index contributed by atoms with van der Waals surface area (Å²) in [5.41, 5.74) is 2.83. The van der Waals surface area contributed by atoms with Gasteiger partial charge in [-0.15, -0.1) is 10.2 Å². The maximum absolute atomic E-state index is 12.6. The molecule has 0 saturated heterocycles. The van der Waals surface area contributed by atoms with Crippen molar-refractivity contribution < 1.29 is 14.3 Å². The number of pyridine rings is 1. The molecule has 0 aliphatic rings. The van der Waals surface area contributed by atoms with E-state index in [4.69, 9.17) is 4.74 Å². The second kappa shape index (κ2) is 10.5. The molecule has 33 heavy (non-hydrogen) atoms. The van der Waals surface area contributed by atoms with Crippen molar-refractivity contribution in [2.45, 2.75) is 20.1 Å². The van der Waals surface area contributed by atoms with Crippen LogP contribution in [0, 0.1) is 6.92 Å². The van der Waals surface area contributed by atoms with Crippen LogP contribution in [0.25, 0.3) is 0 Å². The van der Waals surface area contributed by atoms with E-state index in [0.717, 1.165) is 28.2 Å². The molecule has 0 fully saturated rings. The standard InChI is InChI=1S/C24H21N5O3S/c1-16-6-2-3-10-20(16)32-15-21-28-29-24(33-21)23(31)27-19-9-4-8-18(12-19)22(30)26-14-17-7-5-11-25-13-17/h2-13H,14-15H2,1H3,(H,26,30)(H,27,31). The van der Waals surface area contributed by atoms with Gasteiger partial charge in [-0.3, -0.25) is 14.6 Å². The van der Waals surface area contributed by atoms with E-state index in [-0.39, 0.29) is 17.5 Å². The van der Waals surface area contributed by atoms with Crippen molar-refractivity contribution in [3.8, 4) is 5.75 Å². The molecule has 0 bridgehead atoms. The number of benzene rings is 2. The van der Waals surface area contributed by atoms with Gasteiger partial charge in [-0.05, 0) is 48.4 Å². The Morgan fingerprint density at radius 2 is 1.88 bits per heavy atom. The van der Waals surface area contributed by atoms with Crippen LogP contribution in [0.3, 0.4) is 0 Å². The quantitative estimate of drug-likeness (QED) is 0.413. The smallest absolute Gasteiger partial charge is 0.286 e. The summed E-state index contributed by atoms with van der Waals surface area (Å²) in [5, 5.41) is 14.4. The minimum atomic E-state index is -0.400. The van der Waals surface area contributed by atoms with E-state index < -0.39 is 5.91 Å². The highest BCUT2D eigenvalue weighted by molar-refractivity contribution is 7.13. The van der Waals surface area contributed by atoms with Crippen molar-refractivity contribution in [3.63, 3.8) is 0 Å². The molecule has 0 aliphatic heterocycles. The Bertz CT molecular complexity index is 1260. The normalized spacial score (nSPS) is 10.5. The Balaban J connectivity index is 1.34. The first-order chi connectivity index (χ1) is 16.1. The SMILES string of the molecule is Cc1ccccc1OCc1nnc(C(=O)Nc2cccc(C(=O)NCc3cccnc3)c2)s1. The number of rotatable bonds is 8. The highest BCUT2D eigenvalue weighted by Crippen LogP contribution is 2.20. The topological polar surface area (TPSA) is 106 Å². The molecule has 0 radical (unpaired) electrons. The lowest BCUT2D eigenvalue weighted by Crippen LogP contribution is -2.23. The summed E-state index contributed by atoms with van der Waals surface area (Å²) >= 11 is 1.16. The van der Waals surface area contributed by atoms with Crippen LogP contribution in [0.2, 0.25) is 0 Å². The summed E-state index contributed by atoms with van der Waals surface area (Å²) in [5.74, 6) is 0.112. The van der Waals surface area contributed by atoms with Crippen LogP contribution in [-0.4, -0.2) is 27.0 Å². The predicted octanol–water partition coefficient (Wildman–Crippen LogP) is 4.00. The molecule has 4 aromatic rings. The van der Waals surface area contributed by atoms with Crippen LogP contribution < -0.4 is 15.4 Å². The molecule has 9 heteroatoms. The van der Waals surface area contributed by atoms with Crippen LogP contribution >= 0.6 is 11.3 Å². The fourth-order valence-electron chi connectivity index (χ4n) is 2.97. The number of anilines is 1. The number of ether oxygens (including phenoxy) is 1. The predicted molar refractivity (Wildman–Crippen MR) is 125 cm³/mol. The van der Waals surface area contributed by atoms with Gasteiger partial charge in [0, 0.05) is 30.2 Å². The summed E-state index contributed by atoms with van der Waals surface area (Å²) in [4.78, 5) is 29.1. The van der Waals surface area contributed by atoms with Gasteiger partial charge in [-0.1, -0.05) is 41.7 Å². The lowest BCUT2D eigenvalue weighted by Gasteiger charge is -2.07. The van der Waals surface area contributed by atoms with Crippen LogP contribution in [-0.2, 0) is 13.2 Å². The van der Waals surface area contributed by atoms with E-state index in [9.17, 15) is 9.59 Å². The molecule has 0 saturated carbocycles. The Kier molecular flexibility index (Phi) is 7.01. The molecule has 0 aliphatic carbocycles. The number of aromatic nitrogens is 3. The largest absolute Gasteiger partial charge is 0.486 e. The first kappa shape index (κ1) is 22.1. The van der Waals surface area contributed by atoms with Crippen LogP contribution in [0.15, 0.2) is 73.1 Å². The first-order valence-corrected chi connectivity index (χ1v) is 11.0. The summed E-state index contributed by atoms with van der Waals surface area (Å²) in [6.45, 7) is 2.55. The highest BCUT2D eigenvalue weighted by Gasteiger charge is 2.15. The molecular formula is C24H21N5O3S. The third kappa shape index (κ3) is 5.98. The maximum Gasteiger partial charge on any atom is 0.286 e. The van der Waals surface area contributed by atoms with Gasteiger partial charge in [0.2, 0.25) is 5.01 Å². The van der Waals surface area contributed by atoms with Gasteiger partial charge in [0.1, 0.15) is 12.4 Å². The number of aryl methyl sites for hydroxylation is 1. The summed E-state index contributed by atoms with van der Waals surface area (Å²) < 4.78 is 5.76. The average Bonchev–Trinajstić information content (AvgIpc) is 3.32. The molecule has 2 amide bonds. The fraction of sp³-hybridized carbons (Fsp3) is 0.125. The molecule has 8 nitrogen and oxygen atoms in total. The van der Waals surface area contributed by atoms with Gasteiger partial charge < -0.3 is 15.4 Å². The molecule has 4 rings (SSSR count). The molecule has 0 unspecified atom stereocenters. The van der Waals surface area contributed by atoms with E-state index in [1.165, 1.54) is 0 Å². The van der Waals surface area contributed by atoms with Gasteiger partial charge in [0.15, 0.2) is 5.01 Å². The number of amides is 2. The van der Waals surface area contributed by atoms with Gasteiger partial charge in [-0.2, -0.15) is 0 Å². The fourth-order valence-corrected chi connectivity index (χ4v) is 3.62. The number of hydrogen-bond acceptors (Lipinski definition) is 7. The third-order valence-corrected chi connectivity index (χ3v) is 5.56. The number of nitrogens with zero attached hydrogens (tertiary/aromatic N) is 3. The molecule has 0 atom stereocenters. The highest BCUT2D eigenvalue weighted by atomic mass is 32.1. The Hall–Kier alpha value is -4.11. The molecule has 2 heterocycles. The molecule has 2 N–H and O–H groups in total. The lowest BCUT2D eigenvalue weighted by molar-refractivity contribution is 0.0949. The first-order valence-electron chi connectivity index (χ1n) is 10.2. The number of carbonyl (C=O) groups excluding carboxylic acids is 2. The Labute approximate surface area is 194 Å². The number of para-hydroxylation sites is 1. The Morgan fingerprint density at radius 1 is 1.00 bits per heavy atom. The van der Waals surface area contributed by atoms with Crippen molar-refractivity contribution in [1.82, 2.24) is 20.5 Å². The molecule has 0 spiro atoms. The minimum absolute atomic E-state index is 0.213. The van der Waals surface area contributed by atoms with E-state index in [1.54, 1.807) is 36.7 Å². The number of nitrogens with one attached hydrogen (secondary N) is 2. The van der Waals surface area contributed by atoms with Crippen molar-refractivity contribution in [2.75, 3.05) is 5.32 Å². The van der Waals surface area contributed by atoms with E-state index in [2.05, 4.69) is 25.8 Å². The minimum Gasteiger partial charge on any atom is -0.486 e. The monoisotopic (exact) mass is 459 g/mol. The van der Waals surface area contributed by atoms with Crippen LogP contribution in [0.1, 0.15) is 36.3 Å². The van der Waals surface area contributed by atoms with Gasteiger partial charge in [0.25, 0.3) is 11.8 Å². The van der Waals surface area contributed by atoms with E-state index in [0.29, 0.717) is 22.8 Å². The summed E-state index contributed by atoms with van der Waals surface area (Å²) in [6, 6.07) is 18.1. The second-order valence-electron chi connectivity index (χ2n) is 7.13. The van der Waals surface area contributed by atoms with Crippen molar-refractivity contribution >= 4 is 28.8 Å². The van der Waals surface area contributed by atoms with Crippen molar-refractivity contribution in [3.05, 3.63) is 99.8 Å². The number of carbonyl (C=O) groups is 2. The van der Waals surface area contributed by atoms with Crippen molar-refractivity contribution in [1.29, 1.82) is 0 Å². The summed E-state index contributed by atoms with van der Waals surface area (Å²) in [7, 11) is 0. The lowest BCUT2D eigenvalue weighted by atomic mass is 10.2. The molecular weight excluding hydrogens is 438 g/mol. The van der Waals surface area contributed by atoms with Crippen molar-refractivity contribution in [2.24, 2.45) is 0 Å². The molecule has 2 aromatic heterocycles. The van der Waals surface area contributed by atoms with Gasteiger partial charge >= 0.3 is 0 Å². The number of hydrogen-bond donors (Lipinski definition) is 2. The van der Waals surface area contributed by atoms with E-state index in [1.807, 2.05) is 43.3 Å². The zero-order chi connectivity index (χ0) is 23.0. The second-order valence-corrected chi connectivity index (χ2v) is 8.20. The summed E-state index contributed by atoms with van der Waals surface area (Å²) in [6.07, 6.45) is 3.37. The zero-order valence-electron chi connectivity index (χ0n) is 17.8. The third-order valence-electron chi connectivity index (χ3n) is 4.66. The average molecular weight is 460 g/mol. The molecule has 166 valence electrons. The molecule has 2 aromatic carbocycles. The Morgan fingerprint density at radius 3 is 2.70 bits per heavy atom. The zero-order valence-corrected chi connectivity index (χ0v) is 18.6.